The first kappa shape index (κ1) is 28.6. The van der Waals surface area contributed by atoms with E-state index in [2.05, 4.69) is 29.6 Å². The molecule has 0 spiro atoms. The molecule has 1 aromatic rings. The SMILES string of the molecule is C=C(CCCCCCCCCCCC)C(=O)OC.C=C(Cc1ccccc1)C(=O)OC. The molecule has 0 N–H and O–H groups in total. The van der Waals surface area contributed by atoms with Crippen LogP contribution in [0.15, 0.2) is 54.6 Å². The molecule has 0 aliphatic heterocycles. The molecule has 0 fully saturated rings. The van der Waals surface area contributed by atoms with Crippen LogP contribution in [0.4, 0.5) is 0 Å². The summed E-state index contributed by atoms with van der Waals surface area (Å²) in [6.07, 6.45) is 14.4. The fourth-order valence-corrected chi connectivity index (χ4v) is 3.13. The maximum Gasteiger partial charge on any atom is 0.333 e. The lowest BCUT2D eigenvalue weighted by molar-refractivity contribution is -0.137. The van der Waals surface area contributed by atoms with Crippen LogP contribution in [-0.4, -0.2) is 26.2 Å². The highest BCUT2D eigenvalue weighted by Crippen LogP contribution is 2.13. The zero-order valence-corrected chi connectivity index (χ0v) is 19.9. The van der Waals surface area contributed by atoms with Gasteiger partial charge in [-0.2, -0.15) is 0 Å². The van der Waals surface area contributed by atoms with Crippen molar-refractivity contribution in [1.29, 1.82) is 0 Å². The van der Waals surface area contributed by atoms with Crippen LogP contribution in [0.2, 0.25) is 0 Å². The zero-order chi connectivity index (χ0) is 23.3. The van der Waals surface area contributed by atoms with Crippen molar-refractivity contribution in [1.82, 2.24) is 0 Å². The molecule has 0 saturated carbocycles. The van der Waals surface area contributed by atoms with Gasteiger partial charge in [0, 0.05) is 17.6 Å². The Morgan fingerprint density at radius 1 is 0.710 bits per heavy atom. The van der Waals surface area contributed by atoms with Gasteiger partial charge in [0.1, 0.15) is 0 Å². The van der Waals surface area contributed by atoms with E-state index in [0.29, 0.717) is 17.6 Å². The topological polar surface area (TPSA) is 52.6 Å². The predicted octanol–water partition coefficient (Wildman–Crippen LogP) is 6.98. The summed E-state index contributed by atoms with van der Waals surface area (Å²) in [5.74, 6) is -0.602. The Hall–Kier alpha value is -2.36. The highest BCUT2D eigenvalue weighted by molar-refractivity contribution is 5.88. The molecule has 0 bridgehead atoms. The maximum absolute atomic E-state index is 11.1. The van der Waals surface area contributed by atoms with Crippen LogP contribution < -0.4 is 0 Å². The third-order valence-corrected chi connectivity index (χ3v) is 5.04. The Kier molecular flexibility index (Phi) is 18.1. The van der Waals surface area contributed by atoms with Gasteiger partial charge in [-0.25, -0.2) is 9.59 Å². The second-order valence-electron chi connectivity index (χ2n) is 7.78. The van der Waals surface area contributed by atoms with Gasteiger partial charge in [0.25, 0.3) is 0 Å². The summed E-state index contributed by atoms with van der Waals surface area (Å²) in [4.78, 5) is 22.1. The van der Waals surface area contributed by atoms with E-state index in [4.69, 9.17) is 0 Å². The molecule has 0 aromatic heterocycles. The van der Waals surface area contributed by atoms with E-state index in [1.807, 2.05) is 30.3 Å². The first-order chi connectivity index (χ1) is 15.0. The van der Waals surface area contributed by atoms with Crippen LogP contribution in [0.3, 0.4) is 0 Å². The summed E-state index contributed by atoms with van der Waals surface area (Å²) in [5.41, 5.74) is 2.16. The van der Waals surface area contributed by atoms with Crippen molar-refractivity contribution in [3.63, 3.8) is 0 Å². The summed E-state index contributed by atoms with van der Waals surface area (Å²) in [7, 11) is 2.77. The third kappa shape index (κ3) is 16.1. The monoisotopic (exact) mass is 430 g/mol. The number of methoxy groups -OCH3 is 2. The maximum atomic E-state index is 11.1. The van der Waals surface area contributed by atoms with Gasteiger partial charge < -0.3 is 9.47 Å². The lowest BCUT2D eigenvalue weighted by atomic mass is 10.0. The van der Waals surface area contributed by atoms with Crippen molar-refractivity contribution in [2.75, 3.05) is 14.2 Å². The van der Waals surface area contributed by atoms with Gasteiger partial charge in [-0.3, -0.25) is 0 Å². The van der Waals surface area contributed by atoms with E-state index >= 15 is 0 Å². The van der Waals surface area contributed by atoms with Gasteiger partial charge in [0.15, 0.2) is 0 Å². The molecule has 0 heterocycles. The van der Waals surface area contributed by atoms with Crippen LogP contribution in [0.25, 0.3) is 0 Å². The summed E-state index contributed by atoms with van der Waals surface area (Å²) in [6, 6.07) is 9.70. The normalized spacial score (nSPS) is 9.90. The molecule has 1 rings (SSSR count). The summed E-state index contributed by atoms with van der Waals surface area (Å²) >= 11 is 0. The molecule has 0 aliphatic carbocycles. The highest BCUT2D eigenvalue weighted by Gasteiger charge is 2.06. The summed E-state index contributed by atoms with van der Waals surface area (Å²) in [5, 5.41) is 0. The lowest BCUT2D eigenvalue weighted by Gasteiger charge is -2.04. The van der Waals surface area contributed by atoms with Gasteiger partial charge in [-0.15, -0.1) is 0 Å². The van der Waals surface area contributed by atoms with Crippen LogP contribution in [0.5, 0.6) is 0 Å². The largest absolute Gasteiger partial charge is 0.466 e. The van der Waals surface area contributed by atoms with Crippen molar-refractivity contribution in [2.45, 2.75) is 84.0 Å². The molecule has 0 amide bonds. The van der Waals surface area contributed by atoms with Gasteiger partial charge in [0.05, 0.1) is 14.2 Å². The van der Waals surface area contributed by atoms with Crippen LogP contribution in [0, 0.1) is 0 Å². The molecule has 0 saturated heterocycles. The van der Waals surface area contributed by atoms with Crippen molar-refractivity contribution in [3.05, 3.63) is 60.2 Å². The zero-order valence-electron chi connectivity index (χ0n) is 19.9. The quantitative estimate of drug-likeness (QED) is 0.171. The number of unbranched alkanes of at least 4 members (excludes halogenated alkanes) is 9. The Bertz CT molecular complexity index is 634. The first-order valence-electron chi connectivity index (χ1n) is 11.5. The minimum Gasteiger partial charge on any atom is -0.466 e. The number of carbonyl (C=O) groups excluding carboxylic acids is 2. The second-order valence-corrected chi connectivity index (χ2v) is 7.78. The fourth-order valence-electron chi connectivity index (χ4n) is 3.13. The second kappa shape index (κ2) is 19.6. The van der Waals surface area contributed by atoms with E-state index in [1.54, 1.807) is 0 Å². The molecule has 174 valence electrons. The molecule has 1 aromatic carbocycles. The molecule has 31 heavy (non-hydrogen) atoms. The van der Waals surface area contributed by atoms with Crippen molar-refractivity contribution in [2.24, 2.45) is 0 Å². The smallest absolute Gasteiger partial charge is 0.333 e. The number of hydrogen-bond acceptors (Lipinski definition) is 4. The van der Waals surface area contributed by atoms with Gasteiger partial charge in [0.2, 0.25) is 0 Å². The Morgan fingerprint density at radius 2 is 1.16 bits per heavy atom. The summed E-state index contributed by atoms with van der Waals surface area (Å²) in [6.45, 7) is 9.63. The van der Waals surface area contributed by atoms with Crippen LogP contribution in [0.1, 0.15) is 83.1 Å². The van der Waals surface area contributed by atoms with E-state index in [1.165, 1.54) is 72.0 Å². The van der Waals surface area contributed by atoms with Gasteiger partial charge in [-0.05, 0) is 18.4 Å². The average molecular weight is 431 g/mol. The predicted molar refractivity (Wildman–Crippen MR) is 129 cm³/mol. The minimum atomic E-state index is -0.344. The van der Waals surface area contributed by atoms with Gasteiger partial charge >= 0.3 is 11.9 Å². The van der Waals surface area contributed by atoms with Crippen LogP contribution in [-0.2, 0) is 25.5 Å². The molecular formula is C27H42O4. The fraction of sp³-hybridized carbons (Fsp3) is 0.556. The minimum absolute atomic E-state index is 0.258. The Morgan fingerprint density at radius 3 is 1.65 bits per heavy atom. The number of hydrogen-bond donors (Lipinski definition) is 0. The number of ether oxygens (including phenoxy) is 2. The number of esters is 2. The Balaban J connectivity index is 0.000000609. The highest BCUT2D eigenvalue weighted by atomic mass is 16.5. The van der Waals surface area contributed by atoms with Crippen molar-refractivity contribution in [3.8, 4) is 0 Å². The molecule has 0 aliphatic rings. The summed E-state index contributed by atoms with van der Waals surface area (Å²) < 4.78 is 9.16. The third-order valence-electron chi connectivity index (χ3n) is 5.04. The van der Waals surface area contributed by atoms with E-state index in [9.17, 15) is 9.59 Å². The standard InChI is InChI=1S/C16H30O2.C11H12O2/c1-4-5-6-7-8-9-10-11-12-13-14-15(2)16(17)18-3;1-9(11(12)13-2)8-10-6-4-3-5-7-10/h2,4-14H2,1,3H3;3-7H,1,8H2,2H3. The van der Waals surface area contributed by atoms with E-state index < -0.39 is 0 Å². The van der Waals surface area contributed by atoms with Crippen molar-refractivity contribution < 1.29 is 19.1 Å². The van der Waals surface area contributed by atoms with E-state index in [0.717, 1.165) is 18.4 Å². The molecule has 4 nitrogen and oxygen atoms in total. The Labute approximate surface area is 189 Å². The van der Waals surface area contributed by atoms with E-state index in [-0.39, 0.29) is 11.9 Å². The van der Waals surface area contributed by atoms with Gasteiger partial charge in [-0.1, -0.05) is 108 Å². The average Bonchev–Trinajstić information content (AvgIpc) is 2.80. The van der Waals surface area contributed by atoms with Crippen molar-refractivity contribution >= 4 is 11.9 Å². The molecule has 0 atom stereocenters. The number of benzene rings is 1. The first-order valence-corrected chi connectivity index (χ1v) is 11.5. The van der Waals surface area contributed by atoms with Crippen LogP contribution >= 0.6 is 0 Å². The number of rotatable bonds is 15. The molecular weight excluding hydrogens is 388 g/mol. The lowest BCUT2D eigenvalue weighted by Crippen LogP contribution is -2.05. The molecule has 0 radical (unpaired) electrons. The molecule has 0 unspecified atom stereocenters. The molecule has 4 heteroatoms. The number of carbonyl (C=O) groups is 2.